The van der Waals surface area contributed by atoms with Crippen LogP contribution in [-0.4, -0.2) is 48.4 Å². The Morgan fingerprint density at radius 2 is 2.19 bits per heavy atom. The lowest BCUT2D eigenvalue weighted by Crippen LogP contribution is -2.49. The first-order chi connectivity index (χ1) is 10.0. The summed E-state index contributed by atoms with van der Waals surface area (Å²) in [5.41, 5.74) is 6.82. The van der Waals surface area contributed by atoms with Crippen molar-refractivity contribution in [2.75, 3.05) is 25.1 Å². The van der Waals surface area contributed by atoms with Gasteiger partial charge in [-0.3, -0.25) is 0 Å². The van der Waals surface area contributed by atoms with Crippen molar-refractivity contribution >= 4 is 5.95 Å². The third-order valence-corrected chi connectivity index (χ3v) is 3.71. The fourth-order valence-corrected chi connectivity index (χ4v) is 2.67. The molecule has 2 rings (SSSR count). The molecule has 1 saturated heterocycles. The highest BCUT2D eigenvalue weighted by atomic mass is 16.5. The van der Waals surface area contributed by atoms with E-state index in [2.05, 4.69) is 14.9 Å². The van der Waals surface area contributed by atoms with Crippen LogP contribution in [0.2, 0.25) is 0 Å². The maximum atomic E-state index is 5.92. The predicted octanol–water partition coefficient (Wildman–Crippen LogP) is 1.51. The van der Waals surface area contributed by atoms with Gasteiger partial charge in [-0.05, 0) is 33.6 Å². The molecule has 6 heteroatoms. The quantitative estimate of drug-likeness (QED) is 0.887. The molecular formula is C15H26N4O2. The third-order valence-electron chi connectivity index (χ3n) is 3.71. The minimum atomic E-state index is 0.0942. The molecule has 0 radical (unpaired) electrons. The van der Waals surface area contributed by atoms with Crippen molar-refractivity contribution in [3.8, 4) is 5.88 Å². The van der Waals surface area contributed by atoms with E-state index >= 15 is 0 Å². The molecular weight excluding hydrogens is 268 g/mol. The number of aromatic nitrogens is 2. The van der Waals surface area contributed by atoms with E-state index in [-0.39, 0.29) is 18.2 Å². The second kappa shape index (κ2) is 7.04. The lowest BCUT2D eigenvalue weighted by Gasteiger charge is -2.38. The van der Waals surface area contributed by atoms with Gasteiger partial charge in [0.15, 0.2) is 0 Å². The highest BCUT2D eigenvalue weighted by Crippen LogP contribution is 2.25. The average molecular weight is 294 g/mol. The molecule has 2 heterocycles. The molecule has 118 valence electrons. The normalized spacial score (nSPS) is 22.7. The van der Waals surface area contributed by atoms with Crippen molar-refractivity contribution < 1.29 is 9.47 Å². The van der Waals surface area contributed by atoms with Crippen molar-refractivity contribution in [2.24, 2.45) is 5.73 Å². The number of aryl methyl sites for hydroxylation is 1. The molecule has 0 saturated carbocycles. The third kappa shape index (κ3) is 4.04. The summed E-state index contributed by atoms with van der Waals surface area (Å²) in [7, 11) is 1.76. The van der Waals surface area contributed by atoms with Gasteiger partial charge in [-0.15, -0.1) is 0 Å². The van der Waals surface area contributed by atoms with Gasteiger partial charge in [0, 0.05) is 38.0 Å². The molecule has 0 aromatic carbocycles. The van der Waals surface area contributed by atoms with Crippen LogP contribution in [-0.2, 0) is 4.74 Å². The Bertz CT molecular complexity index is 467. The number of ether oxygens (including phenoxy) is 2. The highest BCUT2D eigenvalue weighted by Gasteiger charge is 2.29. The summed E-state index contributed by atoms with van der Waals surface area (Å²) in [4.78, 5) is 11.3. The van der Waals surface area contributed by atoms with E-state index < -0.39 is 0 Å². The summed E-state index contributed by atoms with van der Waals surface area (Å²) in [6.45, 7) is 7.36. The van der Waals surface area contributed by atoms with E-state index in [1.165, 1.54) is 0 Å². The maximum absolute atomic E-state index is 5.92. The molecule has 0 amide bonds. The summed E-state index contributed by atoms with van der Waals surface area (Å²) in [6, 6.07) is 2.07. The summed E-state index contributed by atoms with van der Waals surface area (Å²) < 4.78 is 11.2. The number of nitrogens with zero attached hydrogens (tertiary/aromatic N) is 3. The molecule has 21 heavy (non-hydrogen) atoms. The fraction of sp³-hybridized carbons (Fsp3) is 0.733. The summed E-state index contributed by atoms with van der Waals surface area (Å²) >= 11 is 0. The Hall–Kier alpha value is -1.40. The topological polar surface area (TPSA) is 73.5 Å². The zero-order chi connectivity index (χ0) is 15.4. The largest absolute Gasteiger partial charge is 0.475 e. The van der Waals surface area contributed by atoms with Crippen LogP contribution in [0, 0.1) is 6.92 Å². The molecule has 0 spiro atoms. The zero-order valence-electron chi connectivity index (χ0n) is 13.4. The Morgan fingerprint density at radius 1 is 1.43 bits per heavy atom. The highest BCUT2D eigenvalue weighted by molar-refractivity contribution is 5.37. The molecule has 0 aliphatic carbocycles. The van der Waals surface area contributed by atoms with Crippen molar-refractivity contribution in [1.29, 1.82) is 0 Å². The Morgan fingerprint density at radius 3 is 2.81 bits per heavy atom. The van der Waals surface area contributed by atoms with Crippen LogP contribution in [0.1, 0.15) is 32.4 Å². The van der Waals surface area contributed by atoms with Gasteiger partial charge < -0.3 is 20.1 Å². The zero-order valence-corrected chi connectivity index (χ0v) is 13.4. The predicted molar refractivity (Wildman–Crippen MR) is 82.8 cm³/mol. The van der Waals surface area contributed by atoms with Crippen LogP contribution >= 0.6 is 0 Å². The first-order valence-corrected chi connectivity index (χ1v) is 7.55. The van der Waals surface area contributed by atoms with E-state index in [9.17, 15) is 0 Å². The lowest BCUT2D eigenvalue weighted by molar-refractivity contribution is 0.0705. The molecule has 0 bridgehead atoms. The molecule has 1 aromatic rings. The van der Waals surface area contributed by atoms with E-state index in [0.717, 1.165) is 25.1 Å². The van der Waals surface area contributed by atoms with Gasteiger partial charge in [-0.2, -0.15) is 4.98 Å². The first kappa shape index (κ1) is 16.0. The van der Waals surface area contributed by atoms with Gasteiger partial charge in [0.25, 0.3) is 0 Å². The molecule has 1 aliphatic heterocycles. The second-order valence-electron chi connectivity index (χ2n) is 5.78. The molecule has 1 aromatic heterocycles. The second-order valence-corrected chi connectivity index (χ2v) is 5.78. The first-order valence-electron chi connectivity index (χ1n) is 7.55. The van der Waals surface area contributed by atoms with Gasteiger partial charge >= 0.3 is 0 Å². The van der Waals surface area contributed by atoms with Gasteiger partial charge in [-0.1, -0.05) is 0 Å². The summed E-state index contributed by atoms with van der Waals surface area (Å²) in [5.74, 6) is 1.33. The van der Waals surface area contributed by atoms with E-state index in [1.54, 1.807) is 7.11 Å². The molecule has 2 unspecified atom stereocenters. The number of hydrogen-bond donors (Lipinski definition) is 1. The SMILES string of the molecule is COC1CCN(c2nc(C)cc(OC(C)C)n2)C(CN)C1. The van der Waals surface area contributed by atoms with Gasteiger partial charge in [0.2, 0.25) is 11.8 Å². The number of piperidine rings is 1. The van der Waals surface area contributed by atoms with Crippen LogP contribution in [0.3, 0.4) is 0 Å². The van der Waals surface area contributed by atoms with E-state index in [1.807, 2.05) is 26.8 Å². The van der Waals surface area contributed by atoms with Crippen LogP contribution < -0.4 is 15.4 Å². The number of nitrogens with two attached hydrogens (primary N) is 1. The lowest BCUT2D eigenvalue weighted by atomic mass is 10.00. The maximum Gasteiger partial charge on any atom is 0.229 e. The molecule has 2 N–H and O–H groups in total. The molecule has 1 fully saturated rings. The van der Waals surface area contributed by atoms with Gasteiger partial charge in [-0.25, -0.2) is 4.98 Å². The van der Waals surface area contributed by atoms with Gasteiger partial charge in [0.1, 0.15) is 0 Å². The summed E-state index contributed by atoms with van der Waals surface area (Å²) in [6.07, 6.45) is 2.23. The summed E-state index contributed by atoms with van der Waals surface area (Å²) in [5, 5.41) is 0. The molecule has 2 atom stereocenters. The Labute approximate surface area is 126 Å². The average Bonchev–Trinajstić information content (AvgIpc) is 2.45. The standard InChI is InChI=1S/C15H26N4O2/c1-10(2)21-14-7-11(3)17-15(18-14)19-6-5-13(20-4)8-12(19)9-16/h7,10,12-13H,5-6,8-9,16H2,1-4H3. The van der Waals surface area contributed by atoms with Crippen LogP contribution in [0.5, 0.6) is 5.88 Å². The Kier molecular flexibility index (Phi) is 5.36. The smallest absolute Gasteiger partial charge is 0.229 e. The number of methoxy groups -OCH3 is 1. The number of hydrogen-bond acceptors (Lipinski definition) is 6. The fourth-order valence-electron chi connectivity index (χ4n) is 2.67. The van der Waals surface area contributed by atoms with E-state index in [4.69, 9.17) is 15.2 Å². The monoisotopic (exact) mass is 294 g/mol. The van der Waals surface area contributed by atoms with Crippen molar-refractivity contribution in [1.82, 2.24) is 9.97 Å². The molecule has 6 nitrogen and oxygen atoms in total. The number of rotatable bonds is 5. The van der Waals surface area contributed by atoms with Gasteiger partial charge in [0.05, 0.1) is 12.2 Å². The van der Waals surface area contributed by atoms with Crippen molar-refractivity contribution in [3.05, 3.63) is 11.8 Å². The van der Waals surface area contributed by atoms with Crippen LogP contribution in [0.15, 0.2) is 6.07 Å². The van der Waals surface area contributed by atoms with Crippen molar-refractivity contribution in [2.45, 2.75) is 51.9 Å². The van der Waals surface area contributed by atoms with Crippen molar-refractivity contribution in [3.63, 3.8) is 0 Å². The minimum Gasteiger partial charge on any atom is -0.475 e. The van der Waals surface area contributed by atoms with E-state index in [0.29, 0.717) is 18.4 Å². The Balaban J connectivity index is 2.21. The number of anilines is 1. The van der Waals surface area contributed by atoms with Crippen LogP contribution in [0.25, 0.3) is 0 Å². The minimum absolute atomic E-state index is 0.0942. The molecule has 1 aliphatic rings. The van der Waals surface area contributed by atoms with Crippen LogP contribution in [0.4, 0.5) is 5.95 Å².